The van der Waals surface area contributed by atoms with Gasteiger partial charge in [0, 0.05) is 18.7 Å². The Balaban J connectivity index is 1.48. The number of imidazole rings is 1. The number of hydrogen-bond donors (Lipinski definition) is 1. The SMILES string of the molecule is CC1=C2C3OC(=O)C(Cn4cnc5c(N)ccnc54)C3CCC2(C)CCC1. The summed E-state index contributed by atoms with van der Waals surface area (Å²) < 4.78 is 7.95. The molecule has 142 valence electrons. The first-order chi connectivity index (χ1) is 13.0. The predicted molar refractivity (Wildman–Crippen MR) is 103 cm³/mol. The standard InChI is InChI=1S/C21H26N4O2/c1-12-4-3-7-21(2)8-5-13-14(20(26)27-18(13)16(12)21)10-25-11-24-17-15(22)6-9-23-19(17)25/h6,9,11,13-14,18H,3-5,7-8,10H2,1-2H3,(H2,22,23). The van der Waals surface area contributed by atoms with Crippen LogP contribution in [0.2, 0.25) is 0 Å². The van der Waals surface area contributed by atoms with Crippen LogP contribution in [0.4, 0.5) is 5.69 Å². The van der Waals surface area contributed by atoms with Gasteiger partial charge in [-0.3, -0.25) is 4.79 Å². The monoisotopic (exact) mass is 366 g/mol. The lowest BCUT2D eigenvalue weighted by atomic mass is 9.59. The molecule has 3 aliphatic rings. The van der Waals surface area contributed by atoms with Gasteiger partial charge in [-0.2, -0.15) is 0 Å². The van der Waals surface area contributed by atoms with E-state index < -0.39 is 0 Å². The van der Waals surface area contributed by atoms with Crippen LogP contribution < -0.4 is 5.73 Å². The molecule has 2 aromatic rings. The summed E-state index contributed by atoms with van der Waals surface area (Å²) in [5, 5.41) is 0. The Kier molecular flexibility index (Phi) is 3.61. The lowest BCUT2D eigenvalue weighted by molar-refractivity contribution is -0.144. The second-order valence-electron chi connectivity index (χ2n) is 8.74. The summed E-state index contributed by atoms with van der Waals surface area (Å²) in [4.78, 5) is 21.6. The summed E-state index contributed by atoms with van der Waals surface area (Å²) in [6.45, 7) is 5.14. The molecule has 27 heavy (non-hydrogen) atoms. The Morgan fingerprint density at radius 2 is 2.22 bits per heavy atom. The summed E-state index contributed by atoms with van der Waals surface area (Å²) in [5.74, 6) is 0.0143. The topological polar surface area (TPSA) is 83.0 Å². The van der Waals surface area contributed by atoms with Crippen LogP contribution in [0.1, 0.15) is 46.0 Å². The largest absolute Gasteiger partial charge is 0.457 e. The molecular weight excluding hydrogens is 340 g/mol. The van der Waals surface area contributed by atoms with E-state index in [0.29, 0.717) is 17.7 Å². The fourth-order valence-corrected chi connectivity index (χ4v) is 5.71. The Morgan fingerprint density at radius 3 is 3.07 bits per heavy atom. The van der Waals surface area contributed by atoms with Crippen molar-refractivity contribution in [2.75, 3.05) is 5.73 Å². The third-order valence-corrected chi connectivity index (χ3v) is 7.08. The third kappa shape index (κ3) is 2.42. The first kappa shape index (κ1) is 16.8. The van der Waals surface area contributed by atoms with Crippen molar-refractivity contribution in [1.29, 1.82) is 0 Å². The molecule has 3 heterocycles. The molecule has 0 radical (unpaired) electrons. The van der Waals surface area contributed by atoms with E-state index in [1.54, 1.807) is 18.6 Å². The van der Waals surface area contributed by atoms with Gasteiger partial charge in [0.1, 0.15) is 11.6 Å². The smallest absolute Gasteiger partial charge is 0.311 e. The average molecular weight is 366 g/mol. The molecule has 0 bridgehead atoms. The molecule has 2 fully saturated rings. The van der Waals surface area contributed by atoms with E-state index in [4.69, 9.17) is 10.5 Å². The summed E-state index contributed by atoms with van der Waals surface area (Å²) in [5.41, 5.74) is 11.1. The van der Waals surface area contributed by atoms with Gasteiger partial charge >= 0.3 is 5.97 Å². The van der Waals surface area contributed by atoms with Gasteiger partial charge in [0.25, 0.3) is 0 Å². The van der Waals surface area contributed by atoms with Gasteiger partial charge in [-0.15, -0.1) is 0 Å². The molecule has 2 aromatic heterocycles. The van der Waals surface area contributed by atoms with Crippen molar-refractivity contribution < 1.29 is 9.53 Å². The number of ether oxygens (including phenoxy) is 1. The zero-order valence-electron chi connectivity index (χ0n) is 15.9. The first-order valence-electron chi connectivity index (χ1n) is 9.94. The van der Waals surface area contributed by atoms with Crippen LogP contribution in [0.25, 0.3) is 11.2 Å². The van der Waals surface area contributed by atoms with Crippen molar-refractivity contribution in [2.45, 2.75) is 58.6 Å². The van der Waals surface area contributed by atoms with Gasteiger partial charge < -0.3 is 15.0 Å². The highest BCUT2D eigenvalue weighted by atomic mass is 16.6. The average Bonchev–Trinajstić information content (AvgIpc) is 3.17. The van der Waals surface area contributed by atoms with Crippen molar-refractivity contribution >= 4 is 22.8 Å². The maximum absolute atomic E-state index is 12.8. The molecule has 0 spiro atoms. The number of rotatable bonds is 2. The molecule has 6 nitrogen and oxygen atoms in total. The molecular formula is C21H26N4O2. The minimum Gasteiger partial charge on any atom is -0.457 e. The van der Waals surface area contributed by atoms with Gasteiger partial charge in [0.15, 0.2) is 5.65 Å². The minimum atomic E-state index is -0.151. The number of hydrogen-bond acceptors (Lipinski definition) is 5. The van der Waals surface area contributed by atoms with Crippen LogP contribution in [0, 0.1) is 17.3 Å². The van der Waals surface area contributed by atoms with Crippen molar-refractivity contribution in [3.63, 3.8) is 0 Å². The number of aromatic nitrogens is 3. The molecule has 1 aliphatic heterocycles. The zero-order chi connectivity index (χ0) is 18.8. The molecule has 4 unspecified atom stereocenters. The zero-order valence-corrected chi connectivity index (χ0v) is 15.9. The molecule has 1 saturated carbocycles. The van der Waals surface area contributed by atoms with E-state index in [2.05, 4.69) is 23.8 Å². The highest BCUT2D eigenvalue weighted by Gasteiger charge is 2.54. The quantitative estimate of drug-likeness (QED) is 0.650. The van der Waals surface area contributed by atoms with Crippen LogP contribution in [-0.2, 0) is 16.1 Å². The van der Waals surface area contributed by atoms with Gasteiger partial charge in [-0.1, -0.05) is 12.5 Å². The Bertz CT molecular complexity index is 962. The van der Waals surface area contributed by atoms with Crippen LogP contribution in [0.3, 0.4) is 0 Å². The number of fused-ring (bicyclic) bond motifs is 4. The first-order valence-corrected chi connectivity index (χ1v) is 9.94. The number of nitrogens with two attached hydrogens (primary N) is 1. The minimum absolute atomic E-state index is 0.0469. The number of pyridine rings is 1. The van der Waals surface area contributed by atoms with Gasteiger partial charge in [-0.05, 0) is 56.1 Å². The molecule has 1 saturated heterocycles. The van der Waals surface area contributed by atoms with Crippen LogP contribution in [0.5, 0.6) is 0 Å². The van der Waals surface area contributed by atoms with E-state index >= 15 is 0 Å². The maximum atomic E-state index is 12.8. The van der Waals surface area contributed by atoms with Crippen LogP contribution in [0.15, 0.2) is 29.7 Å². The lowest BCUT2D eigenvalue weighted by Gasteiger charge is -2.46. The van der Waals surface area contributed by atoms with Crippen LogP contribution >= 0.6 is 0 Å². The Labute approximate surface area is 158 Å². The molecule has 0 amide bonds. The summed E-state index contributed by atoms with van der Waals surface area (Å²) in [7, 11) is 0. The normalized spacial score (nSPS) is 33.1. The van der Waals surface area contributed by atoms with Crippen LogP contribution in [-0.4, -0.2) is 26.6 Å². The molecule has 0 aromatic carbocycles. The number of anilines is 1. The summed E-state index contributed by atoms with van der Waals surface area (Å²) in [6, 6.07) is 1.75. The van der Waals surface area contributed by atoms with Crippen molar-refractivity contribution in [1.82, 2.24) is 14.5 Å². The number of allylic oxidation sites excluding steroid dienone is 1. The van der Waals surface area contributed by atoms with E-state index in [1.807, 2.05) is 4.57 Å². The van der Waals surface area contributed by atoms with Crippen molar-refractivity contribution in [2.24, 2.45) is 17.3 Å². The fraction of sp³-hybridized carbons (Fsp3) is 0.571. The molecule has 2 N–H and O–H groups in total. The highest BCUT2D eigenvalue weighted by molar-refractivity contribution is 5.84. The fourth-order valence-electron chi connectivity index (χ4n) is 5.71. The van der Waals surface area contributed by atoms with Crippen molar-refractivity contribution in [3.05, 3.63) is 29.7 Å². The number of nitrogens with zero attached hydrogens (tertiary/aromatic N) is 3. The maximum Gasteiger partial charge on any atom is 0.311 e. The van der Waals surface area contributed by atoms with Gasteiger partial charge in [0.2, 0.25) is 0 Å². The number of esters is 1. The molecule has 6 heteroatoms. The second kappa shape index (κ2) is 5.81. The predicted octanol–water partition coefficient (Wildman–Crippen LogP) is 3.47. The van der Waals surface area contributed by atoms with Crippen molar-refractivity contribution in [3.8, 4) is 0 Å². The van der Waals surface area contributed by atoms with E-state index in [1.165, 1.54) is 24.0 Å². The number of carbonyl (C=O) groups is 1. The molecule has 2 aliphatic carbocycles. The second-order valence-corrected chi connectivity index (χ2v) is 8.74. The number of nitrogen functional groups attached to an aromatic ring is 1. The summed E-state index contributed by atoms with van der Waals surface area (Å²) >= 11 is 0. The Hall–Kier alpha value is -2.37. The third-order valence-electron chi connectivity index (χ3n) is 7.08. The van der Waals surface area contributed by atoms with Gasteiger partial charge in [-0.25, -0.2) is 9.97 Å². The molecule has 4 atom stereocenters. The Morgan fingerprint density at radius 1 is 1.37 bits per heavy atom. The van der Waals surface area contributed by atoms with E-state index in [-0.39, 0.29) is 29.3 Å². The molecule has 5 rings (SSSR count). The lowest BCUT2D eigenvalue weighted by Crippen LogP contribution is -2.40. The van der Waals surface area contributed by atoms with Gasteiger partial charge in [0.05, 0.1) is 17.9 Å². The summed E-state index contributed by atoms with van der Waals surface area (Å²) in [6.07, 6.45) is 9.15. The van der Waals surface area contributed by atoms with E-state index in [9.17, 15) is 4.79 Å². The number of carbonyl (C=O) groups excluding carboxylic acids is 1. The highest BCUT2D eigenvalue weighted by Crippen LogP contribution is 2.55. The van der Waals surface area contributed by atoms with E-state index in [0.717, 1.165) is 24.9 Å².